The molecule has 1 fully saturated rings. The number of anilines is 1. The van der Waals surface area contributed by atoms with Crippen LogP contribution in [-0.2, 0) is 12.7 Å². The molecule has 3 heterocycles. The van der Waals surface area contributed by atoms with Crippen LogP contribution in [0.3, 0.4) is 0 Å². The SMILES string of the molecule is FC(F)(F)c1cc2c(N3CCCCC3)cccc2n1Cc1ccsc1. The van der Waals surface area contributed by atoms with Crippen molar-refractivity contribution in [3.8, 4) is 0 Å². The third-order valence-corrected chi connectivity index (χ3v) is 5.56. The van der Waals surface area contributed by atoms with E-state index in [0.29, 0.717) is 10.9 Å². The molecule has 6 heteroatoms. The molecule has 2 aromatic heterocycles. The summed E-state index contributed by atoms with van der Waals surface area (Å²) in [6.45, 7) is 2.07. The van der Waals surface area contributed by atoms with Gasteiger partial charge in [0.2, 0.25) is 0 Å². The first-order valence-electron chi connectivity index (χ1n) is 8.49. The predicted octanol–water partition coefficient (Wildman–Crippen LogP) is 5.76. The average molecular weight is 364 g/mol. The molecule has 1 saturated heterocycles. The normalized spacial score (nSPS) is 15.9. The van der Waals surface area contributed by atoms with Crippen molar-refractivity contribution in [3.63, 3.8) is 0 Å². The Balaban J connectivity index is 1.86. The summed E-state index contributed by atoms with van der Waals surface area (Å²) in [4.78, 5) is 2.22. The highest BCUT2D eigenvalue weighted by atomic mass is 32.1. The predicted molar refractivity (Wildman–Crippen MR) is 96.4 cm³/mol. The molecule has 1 aliphatic heterocycles. The van der Waals surface area contributed by atoms with Gasteiger partial charge < -0.3 is 9.47 Å². The van der Waals surface area contributed by atoms with E-state index in [4.69, 9.17) is 0 Å². The summed E-state index contributed by atoms with van der Waals surface area (Å²) in [6.07, 6.45) is -0.982. The summed E-state index contributed by atoms with van der Waals surface area (Å²) in [6, 6.07) is 8.82. The molecule has 0 saturated carbocycles. The molecule has 0 radical (unpaired) electrons. The van der Waals surface area contributed by atoms with Crippen LogP contribution in [0.1, 0.15) is 30.5 Å². The molecule has 25 heavy (non-hydrogen) atoms. The highest BCUT2D eigenvalue weighted by Gasteiger charge is 2.36. The molecule has 0 amide bonds. The molecule has 0 N–H and O–H groups in total. The van der Waals surface area contributed by atoms with Gasteiger partial charge in [-0.05, 0) is 59.9 Å². The van der Waals surface area contributed by atoms with Crippen molar-refractivity contribution in [1.82, 2.24) is 4.57 Å². The van der Waals surface area contributed by atoms with Crippen molar-refractivity contribution in [1.29, 1.82) is 0 Å². The molecular formula is C19H19F3N2S. The second-order valence-corrected chi connectivity index (χ2v) is 7.28. The maximum Gasteiger partial charge on any atom is 0.431 e. The number of fused-ring (bicyclic) bond motifs is 1. The number of aromatic nitrogens is 1. The zero-order chi connectivity index (χ0) is 17.4. The van der Waals surface area contributed by atoms with Crippen LogP contribution in [0.15, 0.2) is 41.1 Å². The Kier molecular flexibility index (Phi) is 4.23. The van der Waals surface area contributed by atoms with Gasteiger partial charge in [0.15, 0.2) is 0 Å². The van der Waals surface area contributed by atoms with Crippen LogP contribution in [0.25, 0.3) is 10.9 Å². The van der Waals surface area contributed by atoms with Crippen molar-refractivity contribution >= 4 is 27.9 Å². The Morgan fingerprint density at radius 2 is 1.84 bits per heavy atom. The van der Waals surface area contributed by atoms with Crippen LogP contribution in [0.4, 0.5) is 18.9 Å². The fraction of sp³-hybridized carbons (Fsp3) is 0.368. The van der Waals surface area contributed by atoms with Crippen LogP contribution < -0.4 is 4.90 Å². The number of piperidine rings is 1. The second kappa shape index (κ2) is 6.41. The minimum atomic E-state index is -4.37. The van der Waals surface area contributed by atoms with Gasteiger partial charge in [-0.15, -0.1) is 0 Å². The number of hydrogen-bond donors (Lipinski definition) is 0. The number of rotatable bonds is 3. The van der Waals surface area contributed by atoms with E-state index in [1.165, 1.54) is 28.4 Å². The van der Waals surface area contributed by atoms with Crippen LogP contribution in [0.5, 0.6) is 0 Å². The van der Waals surface area contributed by atoms with Crippen molar-refractivity contribution in [2.45, 2.75) is 32.0 Å². The monoisotopic (exact) mass is 364 g/mol. The first-order valence-corrected chi connectivity index (χ1v) is 9.44. The molecule has 2 nitrogen and oxygen atoms in total. The van der Waals surface area contributed by atoms with Crippen molar-refractivity contribution in [3.05, 3.63) is 52.3 Å². The molecule has 1 aromatic carbocycles. The van der Waals surface area contributed by atoms with Gasteiger partial charge in [-0.1, -0.05) is 6.07 Å². The summed E-state index contributed by atoms with van der Waals surface area (Å²) in [5.74, 6) is 0. The van der Waals surface area contributed by atoms with Gasteiger partial charge in [0.1, 0.15) is 5.69 Å². The lowest BCUT2D eigenvalue weighted by Gasteiger charge is -2.29. The van der Waals surface area contributed by atoms with E-state index in [2.05, 4.69) is 4.90 Å². The van der Waals surface area contributed by atoms with Crippen LogP contribution in [0.2, 0.25) is 0 Å². The highest BCUT2D eigenvalue weighted by Crippen LogP contribution is 2.38. The number of alkyl halides is 3. The molecule has 3 aromatic rings. The molecule has 1 aliphatic rings. The number of thiophene rings is 1. The Hall–Kier alpha value is -1.95. The molecule has 0 bridgehead atoms. The number of halogens is 3. The van der Waals surface area contributed by atoms with Crippen molar-refractivity contribution in [2.75, 3.05) is 18.0 Å². The summed E-state index contributed by atoms with van der Waals surface area (Å²) in [5, 5.41) is 4.50. The van der Waals surface area contributed by atoms with E-state index in [1.54, 1.807) is 6.07 Å². The standard InChI is InChI=1S/C19H19F3N2S/c20-19(21,22)18-11-15-16(23-8-2-1-3-9-23)5-4-6-17(15)24(18)12-14-7-10-25-13-14/h4-7,10-11,13H,1-3,8-9,12H2. The topological polar surface area (TPSA) is 8.17 Å². The van der Waals surface area contributed by atoms with E-state index < -0.39 is 11.9 Å². The zero-order valence-corrected chi connectivity index (χ0v) is 14.5. The van der Waals surface area contributed by atoms with Gasteiger partial charge in [0, 0.05) is 30.7 Å². The van der Waals surface area contributed by atoms with Gasteiger partial charge in [-0.2, -0.15) is 24.5 Å². The van der Waals surface area contributed by atoms with E-state index in [9.17, 15) is 13.2 Å². The lowest BCUT2D eigenvalue weighted by atomic mass is 10.1. The Bertz CT molecular complexity index is 859. The van der Waals surface area contributed by atoms with E-state index in [-0.39, 0.29) is 6.54 Å². The van der Waals surface area contributed by atoms with E-state index in [0.717, 1.165) is 37.2 Å². The number of hydrogen-bond acceptors (Lipinski definition) is 2. The number of benzene rings is 1. The van der Waals surface area contributed by atoms with Gasteiger partial charge in [-0.25, -0.2) is 0 Å². The molecule has 0 spiro atoms. The highest BCUT2D eigenvalue weighted by molar-refractivity contribution is 7.07. The molecule has 4 rings (SSSR count). The molecule has 0 aliphatic carbocycles. The smallest absolute Gasteiger partial charge is 0.371 e. The molecule has 0 unspecified atom stereocenters. The first kappa shape index (κ1) is 16.5. The van der Waals surface area contributed by atoms with Crippen LogP contribution in [-0.4, -0.2) is 17.7 Å². The van der Waals surface area contributed by atoms with Gasteiger partial charge in [-0.3, -0.25) is 0 Å². The minimum Gasteiger partial charge on any atom is -0.371 e. The fourth-order valence-electron chi connectivity index (χ4n) is 3.65. The summed E-state index contributed by atoms with van der Waals surface area (Å²) >= 11 is 1.50. The maximum absolute atomic E-state index is 13.7. The lowest BCUT2D eigenvalue weighted by Crippen LogP contribution is -2.29. The quantitative estimate of drug-likeness (QED) is 0.574. The second-order valence-electron chi connectivity index (χ2n) is 6.50. The average Bonchev–Trinajstić information content (AvgIpc) is 3.23. The third kappa shape index (κ3) is 3.15. The van der Waals surface area contributed by atoms with Crippen molar-refractivity contribution < 1.29 is 13.2 Å². The van der Waals surface area contributed by atoms with Crippen LogP contribution in [0, 0.1) is 0 Å². The molecule has 132 valence electrons. The summed E-state index contributed by atoms with van der Waals surface area (Å²) in [5.41, 5.74) is 1.91. The van der Waals surface area contributed by atoms with Crippen molar-refractivity contribution in [2.24, 2.45) is 0 Å². The van der Waals surface area contributed by atoms with E-state index >= 15 is 0 Å². The molecule has 0 atom stereocenters. The first-order chi connectivity index (χ1) is 12.0. The van der Waals surface area contributed by atoms with Gasteiger partial charge >= 0.3 is 6.18 Å². The number of nitrogens with zero attached hydrogens (tertiary/aromatic N) is 2. The minimum absolute atomic E-state index is 0.241. The Morgan fingerprint density at radius 1 is 1.04 bits per heavy atom. The fourth-order valence-corrected chi connectivity index (χ4v) is 4.31. The third-order valence-electron chi connectivity index (χ3n) is 4.83. The van der Waals surface area contributed by atoms with Crippen LogP contribution >= 0.6 is 11.3 Å². The van der Waals surface area contributed by atoms with Gasteiger partial charge in [0.05, 0.1) is 5.52 Å². The lowest BCUT2D eigenvalue weighted by molar-refractivity contribution is -0.143. The zero-order valence-electron chi connectivity index (χ0n) is 13.7. The Labute approximate surface area is 148 Å². The van der Waals surface area contributed by atoms with E-state index in [1.807, 2.05) is 29.0 Å². The largest absolute Gasteiger partial charge is 0.431 e. The summed E-state index contributed by atoms with van der Waals surface area (Å²) < 4.78 is 42.4. The van der Waals surface area contributed by atoms with Gasteiger partial charge in [0.25, 0.3) is 0 Å². The summed E-state index contributed by atoms with van der Waals surface area (Å²) in [7, 11) is 0. The Morgan fingerprint density at radius 3 is 2.52 bits per heavy atom. The maximum atomic E-state index is 13.7. The molecular weight excluding hydrogens is 345 g/mol.